The Balaban J connectivity index is 1.65. The number of thiophene rings is 1. The summed E-state index contributed by atoms with van der Waals surface area (Å²) in [5, 5.41) is 3.44. The lowest BCUT2D eigenvalue weighted by Crippen LogP contribution is -2.28. The summed E-state index contributed by atoms with van der Waals surface area (Å²) in [4.78, 5) is 32.9. The minimum atomic E-state index is -0.264. The zero-order valence-corrected chi connectivity index (χ0v) is 15.7. The van der Waals surface area contributed by atoms with Gasteiger partial charge in [-0.05, 0) is 38.3 Å². The van der Waals surface area contributed by atoms with E-state index in [1.165, 1.54) is 28.0 Å². The molecule has 2 aromatic rings. The van der Waals surface area contributed by atoms with E-state index < -0.39 is 0 Å². The number of hydrogen-bond donors (Lipinski definition) is 3. The van der Waals surface area contributed by atoms with Gasteiger partial charge in [0.25, 0.3) is 5.56 Å². The van der Waals surface area contributed by atoms with E-state index in [2.05, 4.69) is 15.3 Å². The number of aromatic amines is 1. The van der Waals surface area contributed by atoms with Crippen molar-refractivity contribution in [1.29, 1.82) is 0 Å². The number of carbonyl (C=O) groups is 1. The van der Waals surface area contributed by atoms with Gasteiger partial charge in [-0.15, -0.1) is 23.1 Å². The first-order chi connectivity index (χ1) is 12.0. The summed E-state index contributed by atoms with van der Waals surface area (Å²) in [5.41, 5.74) is 6.46. The molecule has 0 saturated carbocycles. The minimum absolute atomic E-state index is 0.121. The van der Waals surface area contributed by atoms with Crippen LogP contribution >= 0.6 is 23.1 Å². The average Bonchev–Trinajstić information content (AvgIpc) is 2.94. The van der Waals surface area contributed by atoms with Crippen molar-refractivity contribution in [3.8, 4) is 0 Å². The number of ether oxygens (including phenoxy) is 1. The monoisotopic (exact) mass is 380 g/mol. The predicted octanol–water partition coefficient (Wildman–Crippen LogP) is 2.42. The van der Waals surface area contributed by atoms with Gasteiger partial charge in [0, 0.05) is 16.7 Å². The SMILES string of the molecule is CCOC(=O)c1cc(C)c(CCC2CNc3nc(N)[nH]c(=O)c3S2)s1. The number of anilines is 2. The number of aryl methyl sites for hydroxylation is 2. The molecule has 7 nitrogen and oxygen atoms in total. The van der Waals surface area contributed by atoms with E-state index in [0.717, 1.165) is 24.9 Å². The Hall–Kier alpha value is -2.00. The van der Waals surface area contributed by atoms with Gasteiger partial charge in [0.05, 0.1) is 6.61 Å². The van der Waals surface area contributed by atoms with Gasteiger partial charge < -0.3 is 15.8 Å². The van der Waals surface area contributed by atoms with Gasteiger partial charge in [-0.25, -0.2) is 4.79 Å². The van der Waals surface area contributed by atoms with Gasteiger partial charge in [0.2, 0.25) is 5.95 Å². The summed E-state index contributed by atoms with van der Waals surface area (Å²) < 4.78 is 5.05. The largest absolute Gasteiger partial charge is 0.462 e. The second-order valence-electron chi connectivity index (χ2n) is 5.73. The molecule has 0 amide bonds. The number of nitrogens with zero attached hydrogens (tertiary/aromatic N) is 1. The van der Waals surface area contributed by atoms with E-state index >= 15 is 0 Å². The minimum Gasteiger partial charge on any atom is -0.462 e. The first kappa shape index (κ1) is 17.8. The summed E-state index contributed by atoms with van der Waals surface area (Å²) in [6.07, 6.45) is 1.75. The molecule has 0 fully saturated rings. The van der Waals surface area contributed by atoms with Crippen molar-refractivity contribution in [2.75, 3.05) is 24.2 Å². The highest BCUT2D eigenvalue weighted by Crippen LogP contribution is 2.34. The Morgan fingerprint density at radius 2 is 2.32 bits per heavy atom. The van der Waals surface area contributed by atoms with Crippen LogP contribution in [-0.4, -0.2) is 34.3 Å². The van der Waals surface area contributed by atoms with E-state index in [-0.39, 0.29) is 22.7 Å². The number of hydrogen-bond acceptors (Lipinski definition) is 8. The smallest absolute Gasteiger partial charge is 0.348 e. The van der Waals surface area contributed by atoms with Crippen LogP contribution in [0.1, 0.15) is 33.5 Å². The molecule has 9 heteroatoms. The van der Waals surface area contributed by atoms with Crippen LogP contribution in [0.5, 0.6) is 0 Å². The highest BCUT2D eigenvalue weighted by molar-refractivity contribution is 8.00. The van der Waals surface area contributed by atoms with Gasteiger partial charge >= 0.3 is 5.97 Å². The molecule has 1 atom stereocenters. The topological polar surface area (TPSA) is 110 Å². The lowest BCUT2D eigenvalue weighted by Gasteiger charge is -2.24. The van der Waals surface area contributed by atoms with Crippen LogP contribution in [0.2, 0.25) is 0 Å². The molecule has 2 aromatic heterocycles. The number of thioether (sulfide) groups is 1. The maximum absolute atomic E-state index is 12.0. The van der Waals surface area contributed by atoms with Crippen molar-refractivity contribution < 1.29 is 9.53 Å². The average molecular weight is 380 g/mol. The Kier molecular flexibility index (Phi) is 5.33. The van der Waals surface area contributed by atoms with Gasteiger partial charge in [-0.1, -0.05) is 0 Å². The van der Waals surface area contributed by atoms with E-state index in [1.54, 1.807) is 6.92 Å². The fourth-order valence-electron chi connectivity index (χ4n) is 2.65. The zero-order valence-electron chi connectivity index (χ0n) is 14.0. The normalized spacial score (nSPS) is 16.2. The molecule has 4 N–H and O–H groups in total. The van der Waals surface area contributed by atoms with Crippen molar-refractivity contribution in [1.82, 2.24) is 9.97 Å². The first-order valence-corrected chi connectivity index (χ1v) is 9.74. The third-order valence-corrected chi connectivity index (χ3v) is 6.49. The molecule has 0 bridgehead atoms. The summed E-state index contributed by atoms with van der Waals surface area (Å²) in [6, 6.07) is 1.89. The maximum Gasteiger partial charge on any atom is 0.348 e. The molecule has 1 aliphatic heterocycles. The molecule has 0 spiro atoms. The fraction of sp³-hybridized carbons (Fsp3) is 0.438. The van der Waals surface area contributed by atoms with Crippen LogP contribution in [0.25, 0.3) is 0 Å². The summed E-state index contributed by atoms with van der Waals surface area (Å²) in [7, 11) is 0. The standard InChI is InChI=1S/C16H20N4O3S2/c1-3-23-15(22)11-6-8(2)10(25-11)5-4-9-7-18-13-12(24-9)14(21)20-16(17)19-13/h6,9H,3-5,7H2,1-2H3,(H4,17,18,19,20,21). The fourth-order valence-corrected chi connectivity index (χ4v) is 4.86. The predicted molar refractivity (Wildman–Crippen MR) is 101 cm³/mol. The van der Waals surface area contributed by atoms with Crippen LogP contribution in [0.4, 0.5) is 11.8 Å². The molecule has 0 aliphatic carbocycles. The van der Waals surface area contributed by atoms with Crippen LogP contribution in [0.15, 0.2) is 15.8 Å². The van der Waals surface area contributed by atoms with Gasteiger partial charge in [0.15, 0.2) is 0 Å². The third-order valence-electron chi connectivity index (χ3n) is 3.87. The number of aromatic nitrogens is 2. The molecule has 0 aromatic carbocycles. The van der Waals surface area contributed by atoms with E-state index in [0.29, 0.717) is 22.2 Å². The second-order valence-corrected chi connectivity index (χ2v) is 8.17. The van der Waals surface area contributed by atoms with E-state index in [9.17, 15) is 9.59 Å². The Labute approximate surface area is 153 Å². The van der Waals surface area contributed by atoms with Crippen LogP contribution < -0.4 is 16.6 Å². The molecule has 3 rings (SSSR count). The quantitative estimate of drug-likeness (QED) is 0.683. The molecule has 3 heterocycles. The van der Waals surface area contributed by atoms with Gasteiger partial charge in [0.1, 0.15) is 15.6 Å². The summed E-state index contributed by atoms with van der Waals surface area (Å²) in [5.74, 6) is 0.412. The highest BCUT2D eigenvalue weighted by Gasteiger charge is 2.24. The van der Waals surface area contributed by atoms with Gasteiger partial charge in [-0.2, -0.15) is 4.98 Å². The molecule has 134 valence electrons. The maximum atomic E-state index is 12.0. The lowest BCUT2D eigenvalue weighted by molar-refractivity contribution is 0.0532. The lowest BCUT2D eigenvalue weighted by atomic mass is 10.1. The van der Waals surface area contributed by atoms with E-state index in [1.807, 2.05) is 13.0 Å². The number of fused-ring (bicyclic) bond motifs is 1. The number of rotatable bonds is 5. The van der Waals surface area contributed by atoms with Crippen molar-refractivity contribution in [2.45, 2.75) is 36.8 Å². The van der Waals surface area contributed by atoms with Crippen molar-refractivity contribution in [3.05, 3.63) is 31.7 Å². The number of nitrogens with one attached hydrogen (secondary N) is 2. The third kappa shape index (κ3) is 3.98. The number of H-pyrrole nitrogens is 1. The summed E-state index contributed by atoms with van der Waals surface area (Å²) in [6.45, 7) is 4.91. The zero-order chi connectivity index (χ0) is 18.0. The number of esters is 1. The molecule has 0 radical (unpaired) electrons. The van der Waals surface area contributed by atoms with Gasteiger partial charge in [-0.3, -0.25) is 9.78 Å². The number of nitrogens with two attached hydrogens (primary N) is 1. The van der Waals surface area contributed by atoms with Crippen molar-refractivity contribution >= 4 is 40.8 Å². The molecular weight excluding hydrogens is 360 g/mol. The number of carbonyl (C=O) groups excluding carboxylic acids is 1. The molecule has 1 unspecified atom stereocenters. The van der Waals surface area contributed by atoms with Crippen molar-refractivity contribution in [2.24, 2.45) is 0 Å². The first-order valence-electron chi connectivity index (χ1n) is 8.04. The van der Waals surface area contributed by atoms with Crippen LogP contribution in [-0.2, 0) is 11.2 Å². The number of nitrogen functional groups attached to an aromatic ring is 1. The Morgan fingerprint density at radius 3 is 3.08 bits per heavy atom. The molecular formula is C16H20N4O3S2. The van der Waals surface area contributed by atoms with Crippen molar-refractivity contribution in [3.63, 3.8) is 0 Å². The van der Waals surface area contributed by atoms with Crippen LogP contribution in [0.3, 0.4) is 0 Å². The molecule has 0 saturated heterocycles. The highest BCUT2D eigenvalue weighted by atomic mass is 32.2. The molecule has 1 aliphatic rings. The van der Waals surface area contributed by atoms with Crippen LogP contribution in [0, 0.1) is 6.92 Å². The summed E-state index contributed by atoms with van der Waals surface area (Å²) >= 11 is 3.01. The van der Waals surface area contributed by atoms with E-state index in [4.69, 9.17) is 10.5 Å². The Bertz CT molecular complexity index is 846. The second kappa shape index (κ2) is 7.49. The Morgan fingerprint density at radius 1 is 1.52 bits per heavy atom. The molecule has 25 heavy (non-hydrogen) atoms.